The van der Waals surface area contributed by atoms with Gasteiger partial charge >= 0.3 is 0 Å². The molecule has 0 aromatic heterocycles. The monoisotopic (exact) mass is 183 g/mol. The summed E-state index contributed by atoms with van der Waals surface area (Å²) in [4.78, 5) is 0. The summed E-state index contributed by atoms with van der Waals surface area (Å²) in [7, 11) is 0. The van der Waals surface area contributed by atoms with Crippen LogP contribution in [0.25, 0.3) is 0 Å². The molecule has 0 aromatic carbocycles. The fourth-order valence-corrected chi connectivity index (χ4v) is 3.14. The van der Waals surface area contributed by atoms with Crippen molar-refractivity contribution in [1.82, 2.24) is 5.32 Å². The molecule has 1 nitrogen and oxygen atoms in total. The number of piperidine rings is 2. The first-order chi connectivity index (χ1) is 6.34. The van der Waals surface area contributed by atoms with E-state index in [1.165, 1.54) is 19.3 Å². The minimum Gasteiger partial charge on any atom is -0.313 e. The Balaban J connectivity index is 1.70. The third-order valence-corrected chi connectivity index (χ3v) is 4.17. The zero-order valence-electron chi connectivity index (χ0n) is 8.01. The van der Waals surface area contributed by atoms with E-state index in [9.17, 15) is 4.39 Å². The maximum atomic E-state index is 13.9. The smallest absolute Gasteiger partial charge is 0.108 e. The Labute approximate surface area is 79.1 Å². The topological polar surface area (TPSA) is 12.0 Å². The number of hydrogen-bond donors (Lipinski definition) is 1. The van der Waals surface area contributed by atoms with Crippen LogP contribution < -0.4 is 5.32 Å². The van der Waals surface area contributed by atoms with Gasteiger partial charge in [0.2, 0.25) is 0 Å². The zero-order valence-corrected chi connectivity index (χ0v) is 8.01. The van der Waals surface area contributed by atoms with Crippen LogP contribution in [0.3, 0.4) is 0 Å². The summed E-state index contributed by atoms with van der Waals surface area (Å²) in [5.74, 6) is 1.58. The zero-order chi connectivity index (χ0) is 8.84. The van der Waals surface area contributed by atoms with Gasteiger partial charge in [0.25, 0.3) is 0 Å². The highest BCUT2D eigenvalue weighted by molar-refractivity contribution is 4.99. The lowest BCUT2D eigenvalue weighted by atomic mass is 9.71. The first kappa shape index (κ1) is 8.22. The highest BCUT2D eigenvalue weighted by atomic mass is 19.1. The van der Waals surface area contributed by atoms with Gasteiger partial charge in [-0.05, 0) is 25.2 Å². The fourth-order valence-electron chi connectivity index (χ4n) is 3.14. The fraction of sp³-hybridized carbons (Fsp3) is 1.00. The van der Waals surface area contributed by atoms with Gasteiger partial charge in [-0.25, -0.2) is 4.39 Å². The molecule has 0 radical (unpaired) electrons. The van der Waals surface area contributed by atoms with Gasteiger partial charge in [-0.3, -0.25) is 0 Å². The maximum absolute atomic E-state index is 13.9. The van der Waals surface area contributed by atoms with Crippen molar-refractivity contribution < 1.29 is 4.39 Å². The number of fused-ring (bicyclic) bond motifs is 3. The summed E-state index contributed by atoms with van der Waals surface area (Å²) in [6.07, 6.45) is 5.75. The molecular formula is C11H18FN. The van der Waals surface area contributed by atoms with Crippen molar-refractivity contribution in [2.75, 3.05) is 6.54 Å². The van der Waals surface area contributed by atoms with Crippen LogP contribution >= 0.6 is 0 Å². The van der Waals surface area contributed by atoms with Crippen molar-refractivity contribution >= 4 is 0 Å². The minimum atomic E-state index is -0.486. The average Bonchev–Trinajstić information content (AvgIpc) is 2.96. The molecule has 2 bridgehead atoms. The third kappa shape index (κ3) is 1.39. The van der Waals surface area contributed by atoms with E-state index in [-0.39, 0.29) is 0 Å². The third-order valence-electron chi connectivity index (χ3n) is 4.17. The predicted molar refractivity (Wildman–Crippen MR) is 50.2 cm³/mol. The average molecular weight is 183 g/mol. The van der Waals surface area contributed by atoms with Crippen LogP contribution in [0.1, 0.15) is 32.1 Å². The molecule has 0 aromatic rings. The van der Waals surface area contributed by atoms with Crippen LogP contribution in [0.5, 0.6) is 0 Å². The van der Waals surface area contributed by atoms with Gasteiger partial charge < -0.3 is 5.32 Å². The van der Waals surface area contributed by atoms with E-state index in [1.54, 1.807) is 0 Å². The number of hydrogen-bond acceptors (Lipinski definition) is 1. The van der Waals surface area contributed by atoms with Crippen molar-refractivity contribution in [3.05, 3.63) is 0 Å². The molecule has 4 aliphatic rings. The van der Waals surface area contributed by atoms with Crippen LogP contribution in [0.15, 0.2) is 0 Å². The molecule has 2 saturated carbocycles. The van der Waals surface area contributed by atoms with E-state index in [1.807, 2.05) is 0 Å². The standard InChI is InChI=1S/C11H18FN/c12-11-8-3-4-10(13-6-8)9(11)5-7-1-2-7/h7-11,13H,1-6H2/t8-,9+,10-,11+/m0/s1. The van der Waals surface area contributed by atoms with Crippen LogP contribution in [-0.2, 0) is 0 Å². The summed E-state index contributed by atoms with van der Waals surface area (Å²) < 4.78 is 13.9. The second kappa shape index (κ2) is 2.94. The van der Waals surface area contributed by atoms with Crippen LogP contribution in [0.2, 0.25) is 0 Å². The van der Waals surface area contributed by atoms with Gasteiger partial charge in [0.05, 0.1) is 0 Å². The molecule has 0 unspecified atom stereocenters. The number of halogens is 1. The molecule has 2 heteroatoms. The van der Waals surface area contributed by atoms with Crippen LogP contribution in [-0.4, -0.2) is 18.8 Å². The molecule has 74 valence electrons. The van der Waals surface area contributed by atoms with Crippen LogP contribution in [0, 0.1) is 17.8 Å². The summed E-state index contributed by atoms with van der Waals surface area (Å²) in [5.41, 5.74) is 0. The Morgan fingerprint density at radius 3 is 2.54 bits per heavy atom. The lowest BCUT2D eigenvalue weighted by molar-refractivity contribution is 0.0189. The molecule has 2 aliphatic heterocycles. The number of nitrogens with one attached hydrogen (secondary N) is 1. The van der Waals surface area contributed by atoms with Gasteiger partial charge in [-0.2, -0.15) is 0 Å². The second-order valence-corrected chi connectivity index (χ2v) is 5.14. The normalized spacial score (nSPS) is 49.6. The first-order valence-electron chi connectivity index (χ1n) is 5.72. The van der Waals surface area contributed by atoms with E-state index < -0.39 is 6.17 Å². The van der Waals surface area contributed by atoms with E-state index in [4.69, 9.17) is 0 Å². The highest BCUT2D eigenvalue weighted by Gasteiger charge is 2.45. The van der Waals surface area contributed by atoms with Gasteiger partial charge in [-0.15, -0.1) is 0 Å². The number of alkyl halides is 1. The Kier molecular flexibility index (Phi) is 1.86. The van der Waals surface area contributed by atoms with E-state index in [0.29, 0.717) is 17.9 Å². The first-order valence-corrected chi connectivity index (χ1v) is 5.72. The molecule has 0 amide bonds. The Bertz CT molecular complexity index is 192. The summed E-state index contributed by atoms with van der Waals surface area (Å²) >= 11 is 0. The lowest BCUT2D eigenvalue weighted by Crippen LogP contribution is -2.56. The van der Waals surface area contributed by atoms with Crippen molar-refractivity contribution in [2.24, 2.45) is 17.8 Å². The molecule has 4 rings (SSSR count). The molecule has 13 heavy (non-hydrogen) atoms. The lowest BCUT2D eigenvalue weighted by Gasteiger charge is -2.46. The summed E-state index contributed by atoms with van der Waals surface area (Å²) in [6, 6.07) is 0.514. The maximum Gasteiger partial charge on any atom is 0.108 e. The van der Waals surface area contributed by atoms with Crippen LogP contribution in [0.4, 0.5) is 4.39 Å². The van der Waals surface area contributed by atoms with Crippen molar-refractivity contribution in [1.29, 1.82) is 0 Å². The van der Waals surface area contributed by atoms with Gasteiger partial charge in [0.1, 0.15) is 6.17 Å². The van der Waals surface area contributed by atoms with Crippen molar-refractivity contribution in [2.45, 2.75) is 44.3 Å². The van der Waals surface area contributed by atoms with E-state index >= 15 is 0 Å². The molecule has 2 aliphatic carbocycles. The molecule has 4 atom stereocenters. The van der Waals surface area contributed by atoms with E-state index in [0.717, 1.165) is 25.3 Å². The van der Waals surface area contributed by atoms with E-state index in [2.05, 4.69) is 5.32 Å². The summed E-state index contributed by atoms with van der Waals surface area (Å²) in [5, 5.41) is 3.49. The molecule has 0 spiro atoms. The van der Waals surface area contributed by atoms with Gasteiger partial charge in [0.15, 0.2) is 0 Å². The molecule has 2 heterocycles. The molecule has 2 saturated heterocycles. The molecule has 4 fully saturated rings. The quantitative estimate of drug-likeness (QED) is 0.691. The van der Waals surface area contributed by atoms with Gasteiger partial charge in [0, 0.05) is 24.4 Å². The van der Waals surface area contributed by atoms with Crippen molar-refractivity contribution in [3.63, 3.8) is 0 Å². The molecule has 1 N–H and O–H groups in total. The Morgan fingerprint density at radius 1 is 1.15 bits per heavy atom. The highest BCUT2D eigenvalue weighted by Crippen LogP contribution is 2.44. The molecular weight excluding hydrogens is 165 g/mol. The van der Waals surface area contributed by atoms with Crippen molar-refractivity contribution in [3.8, 4) is 0 Å². The SMILES string of the molecule is F[C@@H]1[C@H]2CC[C@H](NC2)[C@H]1CC1CC1. The van der Waals surface area contributed by atoms with Gasteiger partial charge in [-0.1, -0.05) is 12.8 Å². The Morgan fingerprint density at radius 2 is 2.00 bits per heavy atom. The predicted octanol–water partition coefficient (Wildman–Crippen LogP) is 2.12. The summed E-state index contributed by atoms with van der Waals surface area (Å²) in [6.45, 7) is 0.938. The minimum absolute atomic E-state index is 0.341. The largest absolute Gasteiger partial charge is 0.313 e. The second-order valence-electron chi connectivity index (χ2n) is 5.14. The number of rotatable bonds is 2. The Hall–Kier alpha value is -0.110.